The Balaban J connectivity index is 2.37. The smallest absolute Gasteiger partial charge is 0.360 e. The largest absolute Gasteiger partial charge is 0.464 e. The van der Waals surface area contributed by atoms with Crippen molar-refractivity contribution in [3.8, 4) is 11.3 Å². The first-order valence-corrected chi connectivity index (χ1v) is 5.00. The number of nitrogens with zero attached hydrogens (tertiary/aromatic N) is 1. The third-order valence-corrected chi connectivity index (χ3v) is 2.40. The molecule has 6 heteroatoms. The maximum absolute atomic E-state index is 13.0. The minimum Gasteiger partial charge on any atom is -0.464 e. The maximum atomic E-state index is 13.0. The summed E-state index contributed by atoms with van der Waals surface area (Å²) in [5, 5.41) is 3.50. The number of esters is 1. The number of halogens is 2. The zero-order valence-electron chi connectivity index (χ0n) is 8.74. The highest BCUT2D eigenvalue weighted by Crippen LogP contribution is 2.25. The lowest BCUT2D eigenvalue weighted by Crippen LogP contribution is -2.00. The van der Waals surface area contributed by atoms with Crippen LogP contribution in [0.15, 0.2) is 28.8 Å². The summed E-state index contributed by atoms with van der Waals surface area (Å²) < 4.78 is 22.4. The molecule has 0 spiro atoms. The van der Waals surface area contributed by atoms with E-state index >= 15 is 0 Å². The first-order chi connectivity index (χ1) is 8.11. The number of hydrogen-bond acceptors (Lipinski definition) is 4. The second-order valence-corrected chi connectivity index (χ2v) is 3.60. The molecule has 0 N–H and O–H groups in total. The quantitative estimate of drug-likeness (QED) is 0.774. The predicted molar refractivity (Wildman–Crippen MR) is 58.2 cm³/mol. The fraction of sp³-hybridized carbons (Fsp3) is 0.0909. The van der Waals surface area contributed by atoms with Gasteiger partial charge in [-0.1, -0.05) is 16.8 Å². The lowest BCUT2D eigenvalue weighted by molar-refractivity contribution is 0.0589. The molecule has 0 aliphatic carbocycles. The lowest BCUT2D eigenvalue weighted by Gasteiger charge is -1.97. The standard InChI is InChI=1S/C11H7ClFNO3/c1-16-11(15)9-5-10(17-14-9)6-2-3-8(13)7(12)4-6/h2-5H,1H3. The summed E-state index contributed by atoms with van der Waals surface area (Å²) in [5.41, 5.74) is 0.571. The summed E-state index contributed by atoms with van der Waals surface area (Å²) in [6.07, 6.45) is 0. The summed E-state index contributed by atoms with van der Waals surface area (Å²) in [7, 11) is 1.24. The Bertz CT molecular complexity index is 568. The Morgan fingerprint density at radius 3 is 2.88 bits per heavy atom. The van der Waals surface area contributed by atoms with Crippen LogP contribution in [0.4, 0.5) is 4.39 Å². The van der Waals surface area contributed by atoms with Crippen molar-refractivity contribution in [3.63, 3.8) is 0 Å². The molecule has 17 heavy (non-hydrogen) atoms. The minimum absolute atomic E-state index is 0.0291. The molecule has 0 aliphatic rings. The van der Waals surface area contributed by atoms with Gasteiger partial charge in [-0.3, -0.25) is 0 Å². The zero-order valence-corrected chi connectivity index (χ0v) is 9.49. The van der Waals surface area contributed by atoms with Crippen LogP contribution in [0.25, 0.3) is 11.3 Å². The van der Waals surface area contributed by atoms with Crippen molar-refractivity contribution in [3.05, 3.63) is 40.8 Å². The molecule has 2 rings (SSSR count). The van der Waals surface area contributed by atoms with E-state index in [9.17, 15) is 9.18 Å². The number of benzene rings is 1. The van der Waals surface area contributed by atoms with Crippen molar-refractivity contribution in [1.29, 1.82) is 0 Å². The van der Waals surface area contributed by atoms with E-state index in [1.165, 1.54) is 31.4 Å². The SMILES string of the molecule is COC(=O)c1cc(-c2ccc(F)c(Cl)c2)on1. The highest BCUT2D eigenvalue weighted by molar-refractivity contribution is 6.31. The maximum Gasteiger partial charge on any atom is 0.360 e. The molecule has 0 saturated carbocycles. The van der Waals surface area contributed by atoms with Gasteiger partial charge in [0.05, 0.1) is 12.1 Å². The summed E-state index contributed by atoms with van der Waals surface area (Å²) in [5.74, 6) is -0.816. The van der Waals surface area contributed by atoms with Gasteiger partial charge in [-0.2, -0.15) is 0 Å². The topological polar surface area (TPSA) is 52.3 Å². The molecule has 4 nitrogen and oxygen atoms in total. The van der Waals surface area contributed by atoms with Crippen molar-refractivity contribution < 1.29 is 18.4 Å². The second-order valence-electron chi connectivity index (χ2n) is 3.20. The van der Waals surface area contributed by atoms with E-state index in [1.807, 2.05) is 0 Å². The zero-order chi connectivity index (χ0) is 12.4. The first-order valence-electron chi connectivity index (χ1n) is 4.62. The Morgan fingerprint density at radius 1 is 1.47 bits per heavy atom. The van der Waals surface area contributed by atoms with Gasteiger partial charge in [0.2, 0.25) is 0 Å². The number of rotatable bonds is 2. The van der Waals surface area contributed by atoms with Gasteiger partial charge in [-0.25, -0.2) is 9.18 Å². The van der Waals surface area contributed by atoms with Gasteiger partial charge in [0.1, 0.15) is 5.82 Å². The Morgan fingerprint density at radius 2 is 2.24 bits per heavy atom. The van der Waals surface area contributed by atoms with Gasteiger partial charge in [0.25, 0.3) is 0 Å². The van der Waals surface area contributed by atoms with Gasteiger partial charge in [-0.05, 0) is 18.2 Å². The Labute approximate surface area is 101 Å². The van der Waals surface area contributed by atoms with E-state index in [1.54, 1.807) is 0 Å². The van der Waals surface area contributed by atoms with Crippen LogP contribution >= 0.6 is 11.6 Å². The summed E-state index contributed by atoms with van der Waals surface area (Å²) in [4.78, 5) is 11.1. The molecule has 0 aliphatic heterocycles. The van der Waals surface area contributed by atoms with Gasteiger partial charge >= 0.3 is 5.97 Å². The van der Waals surface area contributed by atoms with E-state index in [4.69, 9.17) is 16.1 Å². The van der Waals surface area contributed by atoms with Crippen molar-refractivity contribution in [2.24, 2.45) is 0 Å². The van der Waals surface area contributed by atoms with Crippen LogP contribution in [0.2, 0.25) is 5.02 Å². The molecular formula is C11H7ClFNO3. The predicted octanol–water partition coefficient (Wildman–Crippen LogP) is 2.92. The van der Waals surface area contributed by atoms with Crippen LogP contribution in [0, 0.1) is 5.82 Å². The van der Waals surface area contributed by atoms with Crippen molar-refractivity contribution in [1.82, 2.24) is 5.16 Å². The molecule has 0 radical (unpaired) electrons. The molecule has 0 fully saturated rings. The fourth-order valence-corrected chi connectivity index (χ4v) is 1.44. The fourth-order valence-electron chi connectivity index (χ4n) is 1.26. The molecule has 0 saturated heterocycles. The normalized spacial score (nSPS) is 10.3. The summed E-state index contributed by atoms with van der Waals surface area (Å²) >= 11 is 5.63. The number of carbonyl (C=O) groups is 1. The van der Waals surface area contributed by atoms with E-state index in [2.05, 4.69) is 9.89 Å². The molecule has 1 aromatic carbocycles. The lowest BCUT2D eigenvalue weighted by atomic mass is 10.1. The van der Waals surface area contributed by atoms with E-state index in [-0.39, 0.29) is 10.7 Å². The summed E-state index contributed by atoms with van der Waals surface area (Å²) in [6, 6.07) is 5.47. The Kier molecular flexibility index (Phi) is 3.10. The van der Waals surface area contributed by atoms with Crippen molar-refractivity contribution >= 4 is 17.6 Å². The van der Waals surface area contributed by atoms with Gasteiger partial charge in [0.15, 0.2) is 11.5 Å². The number of methoxy groups -OCH3 is 1. The molecule has 0 amide bonds. The molecule has 1 aromatic heterocycles. The summed E-state index contributed by atoms with van der Waals surface area (Å²) in [6.45, 7) is 0. The monoisotopic (exact) mass is 255 g/mol. The first kappa shape index (κ1) is 11.6. The molecule has 0 bridgehead atoms. The highest BCUT2D eigenvalue weighted by atomic mass is 35.5. The van der Waals surface area contributed by atoms with Crippen LogP contribution in [0.5, 0.6) is 0 Å². The second kappa shape index (κ2) is 4.55. The van der Waals surface area contributed by atoms with Crippen LogP contribution < -0.4 is 0 Å². The molecule has 1 heterocycles. The highest BCUT2D eigenvalue weighted by Gasteiger charge is 2.14. The molecule has 0 unspecified atom stereocenters. The van der Waals surface area contributed by atoms with E-state index < -0.39 is 11.8 Å². The average molecular weight is 256 g/mol. The third kappa shape index (κ3) is 2.29. The number of ether oxygens (including phenoxy) is 1. The van der Waals surface area contributed by atoms with Crippen LogP contribution in [-0.2, 0) is 4.74 Å². The number of carbonyl (C=O) groups excluding carboxylic acids is 1. The molecular weight excluding hydrogens is 249 g/mol. The van der Waals surface area contributed by atoms with Crippen LogP contribution in [0.1, 0.15) is 10.5 Å². The van der Waals surface area contributed by atoms with Gasteiger partial charge in [0, 0.05) is 11.6 Å². The third-order valence-electron chi connectivity index (χ3n) is 2.11. The molecule has 0 atom stereocenters. The average Bonchev–Trinajstić information content (AvgIpc) is 2.81. The molecule has 2 aromatic rings. The number of aromatic nitrogens is 1. The van der Waals surface area contributed by atoms with E-state index in [0.717, 1.165) is 0 Å². The van der Waals surface area contributed by atoms with Gasteiger partial charge in [-0.15, -0.1) is 0 Å². The molecule has 88 valence electrons. The number of hydrogen-bond donors (Lipinski definition) is 0. The minimum atomic E-state index is -0.604. The van der Waals surface area contributed by atoms with Crippen molar-refractivity contribution in [2.75, 3.05) is 7.11 Å². The van der Waals surface area contributed by atoms with Crippen molar-refractivity contribution in [2.45, 2.75) is 0 Å². The van der Waals surface area contributed by atoms with E-state index in [0.29, 0.717) is 11.3 Å². The van der Waals surface area contributed by atoms with Gasteiger partial charge < -0.3 is 9.26 Å². The Hall–Kier alpha value is -1.88. The van der Waals surface area contributed by atoms with Crippen LogP contribution in [-0.4, -0.2) is 18.2 Å². The van der Waals surface area contributed by atoms with Crippen LogP contribution in [0.3, 0.4) is 0 Å².